The zero-order valence-corrected chi connectivity index (χ0v) is 14.4. The molecule has 0 bridgehead atoms. The minimum absolute atomic E-state index is 0.867. The Balaban J connectivity index is 2.23. The van der Waals surface area contributed by atoms with Gasteiger partial charge in [0.1, 0.15) is 0 Å². The van der Waals surface area contributed by atoms with Gasteiger partial charge in [-0.1, -0.05) is 13.8 Å². The number of hydrogen-bond acceptors (Lipinski definition) is 2. The van der Waals surface area contributed by atoms with Crippen LogP contribution in [0.15, 0.2) is 4.99 Å². The van der Waals surface area contributed by atoms with Crippen molar-refractivity contribution in [2.75, 3.05) is 54.4 Å². The molecule has 118 valence electrons. The van der Waals surface area contributed by atoms with E-state index in [9.17, 15) is 0 Å². The Hall–Kier alpha value is -0.770. The van der Waals surface area contributed by atoms with Gasteiger partial charge in [-0.3, -0.25) is 4.99 Å². The van der Waals surface area contributed by atoms with E-state index in [-0.39, 0.29) is 0 Å². The van der Waals surface area contributed by atoms with E-state index in [2.05, 4.69) is 61.7 Å². The molecule has 4 heteroatoms. The van der Waals surface area contributed by atoms with Gasteiger partial charge in [-0.15, -0.1) is 0 Å². The van der Waals surface area contributed by atoms with E-state index < -0.39 is 0 Å². The number of rotatable bonds is 5. The summed E-state index contributed by atoms with van der Waals surface area (Å²) in [6, 6.07) is 0. The van der Waals surface area contributed by atoms with Crippen molar-refractivity contribution >= 4 is 5.96 Å². The van der Waals surface area contributed by atoms with Crippen LogP contribution in [0.2, 0.25) is 0 Å². The van der Waals surface area contributed by atoms with Gasteiger partial charge in [0.15, 0.2) is 5.96 Å². The summed E-state index contributed by atoms with van der Waals surface area (Å²) in [6.07, 6.45) is 3.84. The highest BCUT2D eigenvalue weighted by atomic mass is 15.3. The molecule has 1 heterocycles. The summed E-state index contributed by atoms with van der Waals surface area (Å²) in [5.74, 6) is 2.79. The molecule has 1 saturated heterocycles. The van der Waals surface area contributed by atoms with Crippen LogP contribution in [0.4, 0.5) is 0 Å². The largest absolute Gasteiger partial charge is 0.349 e. The molecular formula is C16H34N4. The number of likely N-dealkylation sites (tertiary alicyclic amines) is 1. The lowest BCUT2D eigenvalue weighted by Crippen LogP contribution is -2.39. The number of aliphatic imine (C=N–C) groups is 1. The topological polar surface area (TPSA) is 22.1 Å². The summed E-state index contributed by atoms with van der Waals surface area (Å²) in [5.41, 5.74) is 0. The average molecular weight is 282 g/mol. The third-order valence-electron chi connectivity index (χ3n) is 3.88. The maximum Gasteiger partial charge on any atom is 0.195 e. The first-order chi connectivity index (χ1) is 9.40. The number of piperidine rings is 1. The Morgan fingerprint density at radius 1 is 1.00 bits per heavy atom. The lowest BCUT2D eigenvalue weighted by molar-refractivity contribution is 0.139. The second-order valence-corrected chi connectivity index (χ2v) is 6.88. The Kier molecular flexibility index (Phi) is 7.35. The van der Waals surface area contributed by atoms with Gasteiger partial charge in [0.25, 0.3) is 0 Å². The van der Waals surface area contributed by atoms with Gasteiger partial charge in [0.05, 0.1) is 0 Å². The molecule has 0 amide bonds. The van der Waals surface area contributed by atoms with Gasteiger partial charge in [-0.25, -0.2) is 0 Å². The molecule has 0 aliphatic carbocycles. The lowest BCUT2D eigenvalue weighted by atomic mass is 9.92. The summed E-state index contributed by atoms with van der Waals surface area (Å²) in [5, 5.41) is 0. The Labute approximate surface area is 125 Å². The Morgan fingerprint density at radius 3 is 2.05 bits per heavy atom. The third kappa shape index (κ3) is 6.12. The minimum atomic E-state index is 0.867. The van der Waals surface area contributed by atoms with Crippen molar-refractivity contribution in [3.63, 3.8) is 0 Å². The number of hydrogen-bond donors (Lipinski definition) is 0. The molecule has 0 spiro atoms. The molecule has 20 heavy (non-hydrogen) atoms. The number of guanidine groups is 1. The van der Waals surface area contributed by atoms with Gasteiger partial charge in [-0.2, -0.15) is 0 Å². The van der Waals surface area contributed by atoms with Crippen LogP contribution in [0, 0.1) is 11.8 Å². The van der Waals surface area contributed by atoms with Crippen LogP contribution in [0.1, 0.15) is 33.1 Å². The average Bonchev–Trinajstić information content (AvgIpc) is 2.31. The molecule has 1 rings (SSSR count). The summed E-state index contributed by atoms with van der Waals surface area (Å²) in [4.78, 5) is 11.5. The van der Waals surface area contributed by atoms with Gasteiger partial charge >= 0.3 is 0 Å². The van der Waals surface area contributed by atoms with Crippen LogP contribution >= 0.6 is 0 Å². The summed E-state index contributed by atoms with van der Waals surface area (Å²) in [7, 11) is 8.20. The highest BCUT2D eigenvalue weighted by Crippen LogP contribution is 2.20. The third-order valence-corrected chi connectivity index (χ3v) is 3.88. The monoisotopic (exact) mass is 282 g/mol. The zero-order chi connectivity index (χ0) is 15.1. The maximum atomic E-state index is 4.69. The standard InChI is InChI=1S/C16H34N4/c1-14-11-15(2)13-20(12-14)10-8-7-9-17-16(18(3)4)19(5)6/h14-15H,7-13H2,1-6H3. The van der Waals surface area contributed by atoms with Crippen molar-refractivity contribution in [1.29, 1.82) is 0 Å². The van der Waals surface area contributed by atoms with E-state index in [1.807, 2.05) is 0 Å². The molecule has 0 saturated carbocycles. The van der Waals surface area contributed by atoms with Crippen molar-refractivity contribution in [3.8, 4) is 0 Å². The van der Waals surface area contributed by atoms with E-state index >= 15 is 0 Å². The highest BCUT2D eigenvalue weighted by molar-refractivity contribution is 5.79. The Bertz CT molecular complexity index is 279. The summed E-state index contributed by atoms with van der Waals surface area (Å²) < 4.78 is 0. The van der Waals surface area contributed by atoms with Crippen molar-refractivity contribution < 1.29 is 0 Å². The number of unbranched alkanes of at least 4 members (excludes halogenated alkanes) is 1. The first kappa shape index (κ1) is 17.3. The fraction of sp³-hybridized carbons (Fsp3) is 0.938. The zero-order valence-electron chi connectivity index (χ0n) is 14.4. The van der Waals surface area contributed by atoms with Crippen molar-refractivity contribution in [1.82, 2.24) is 14.7 Å². The molecule has 0 N–H and O–H groups in total. The van der Waals surface area contributed by atoms with Crippen LogP contribution in [0.5, 0.6) is 0 Å². The van der Waals surface area contributed by atoms with Crippen molar-refractivity contribution in [2.24, 2.45) is 16.8 Å². The van der Waals surface area contributed by atoms with Crippen LogP contribution in [0.3, 0.4) is 0 Å². The van der Waals surface area contributed by atoms with E-state index in [1.54, 1.807) is 0 Å². The Morgan fingerprint density at radius 2 is 1.55 bits per heavy atom. The van der Waals surface area contributed by atoms with E-state index in [0.29, 0.717) is 0 Å². The van der Waals surface area contributed by atoms with Crippen LogP contribution in [-0.4, -0.2) is 75.0 Å². The number of nitrogens with zero attached hydrogens (tertiary/aromatic N) is 4. The smallest absolute Gasteiger partial charge is 0.195 e. The fourth-order valence-corrected chi connectivity index (χ4v) is 3.28. The molecule has 0 aromatic carbocycles. The second kappa shape index (κ2) is 8.50. The fourth-order valence-electron chi connectivity index (χ4n) is 3.28. The van der Waals surface area contributed by atoms with E-state index in [4.69, 9.17) is 0 Å². The first-order valence-electron chi connectivity index (χ1n) is 8.01. The van der Waals surface area contributed by atoms with Gasteiger partial charge in [0, 0.05) is 47.8 Å². The van der Waals surface area contributed by atoms with Gasteiger partial charge < -0.3 is 14.7 Å². The second-order valence-electron chi connectivity index (χ2n) is 6.88. The molecular weight excluding hydrogens is 248 g/mol. The quantitative estimate of drug-likeness (QED) is 0.438. The van der Waals surface area contributed by atoms with Crippen LogP contribution < -0.4 is 0 Å². The molecule has 0 radical (unpaired) electrons. The van der Waals surface area contributed by atoms with Crippen molar-refractivity contribution in [3.05, 3.63) is 0 Å². The molecule has 1 aliphatic heterocycles. The molecule has 1 fully saturated rings. The van der Waals surface area contributed by atoms with Crippen LogP contribution in [0.25, 0.3) is 0 Å². The summed E-state index contributed by atoms with van der Waals surface area (Å²) >= 11 is 0. The molecule has 2 atom stereocenters. The highest BCUT2D eigenvalue weighted by Gasteiger charge is 2.20. The molecule has 1 aliphatic rings. The molecule has 4 nitrogen and oxygen atoms in total. The molecule has 2 unspecified atom stereocenters. The SMILES string of the molecule is CC1CC(C)CN(CCCCN=C(N(C)C)N(C)C)C1. The predicted octanol–water partition coefficient (Wildman–Crippen LogP) is 2.22. The van der Waals surface area contributed by atoms with Gasteiger partial charge in [-0.05, 0) is 37.6 Å². The minimum Gasteiger partial charge on any atom is -0.349 e. The molecule has 0 aromatic rings. The summed E-state index contributed by atoms with van der Waals surface area (Å²) in [6.45, 7) is 9.51. The maximum absolute atomic E-state index is 4.69. The van der Waals surface area contributed by atoms with E-state index in [1.165, 1.54) is 38.9 Å². The van der Waals surface area contributed by atoms with Gasteiger partial charge in [0.2, 0.25) is 0 Å². The van der Waals surface area contributed by atoms with E-state index in [0.717, 1.165) is 24.3 Å². The predicted molar refractivity (Wildman–Crippen MR) is 88.3 cm³/mol. The lowest BCUT2D eigenvalue weighted by Gasteiger charge is -2.34. The first-order valence-corrected chi connectivity index (χ1v) is 8.01. The van der Waals surface area contributed by atoms with Crippen LogP contribution in [-0.2, 0) is 0 Å². The molecule has 0 aromatic heterocycles. The normalized spacial score (nSPS) is 23.5. The van der Waals surface area contributed by atoms with Crippen molar-refractivity contribution in [2.45, 2.75) is 33.1 Å².